The molecule has 0 saturated carbocycles. The predicted octanol–water partition coefficient (Wildman–Crippen LogP) is 3.91. The molecule has 2 aromatic rings. The molecule has 0 atom stereocenters. The van der Waals surface area contributed by atoms with Crippen molar-refractivity contribution < 1.29 is 0 Å². The fraction of sp³-hybridized carbons (Fsp3) is 0.308. The van der Waals surface area contributed by atoms with Gasteiger partial charge in [-0.3, -0.25) is 0 Å². The summed E-state index contributed by atoms with van der Waals surface area (Å²) in [4.78, 5) is 7.88. The molecule has 19 heavy (non-hydrogen) atoms. The van der Waals surface area contributed by atoms with E-state index in [2.05, 4.69) is 43.3 Å². The van der Waals surface area contributed by atoms with Crippen LogP contribution in [0, 0.1) is 0 Å². The molecule has 2 heterocycles. The van der Waals surface area contributed by atoms with E-state index in [0.717, 1.165) is 27.7 Å². The maximum Gasteiger partial charge on any atom is 0.133 e. The summed E-state index contributed by atoms with van der Waals surface area (Å²) in [5.74, 6) is 0.988. The van der Waals surface area contributed by atoms with E-state index in [0.29, 0.717) is 0 Å². The van der Waals surface area contributed by atoms with Crippen LogP contribution in [-0.4, -0.2) is 19.1 Å². The molecular formula is C13H15BrClN3S. The Kier molecular flexibility index (Phi) is 5.21. The van der Waals surface area contributed by atoms with E-state index in [1.165, 1.54) is 10.4 Å². The molecule has 2 rings (SSSR count). The quantitative estimate of drug-likeness (QED) is 0.876. The van der Waals surface area contributed by atoms with Gasteiger partial charge >= 0.3 is 0 Å². The molecule has 1 N–H and O–H groups in total. The molecule has 0 bridgehead atoms. The zero-order valence-corrected chi connectivity index (χ0v) is 13.9. The number of nitrogens with zero attached hydrogens (tertiary/aromatic N) is 2. The van der Waals surface area contributed by atoms with Crippen molar-refractivity contribution in [2.24, 2.45) is 0 Å². The molecule has 0 spiro atoms. The molecule has 0 aliphatic carbocycles. The second-order valence-electron chi connectivity index (χ2n) is 4.23. The highest BCUT2D eigenvalue weighted by molar-refractivity contribution is 9.10. The lowest BCUT2D eigenvalue weighted by Gasteiger charge is -2.20. The molecule has 0 saturated heterocycles. The average Bonchev–Trinajstić information content (AvgIpc) is 2.75. The Hall–Kier alpha value is -0.620. The Labute approximate surface area is 130 Å². The molecule has 0 fully saturated rings. The van der Waals surface area contributed by atoms with Gasteiger partial charge in [0.15, 0.2) is 0 Å². The monoisotopic (exact) mass is 359 g/mol. The van der Waals surface area contributed by atoms with Gasteiger partial charge < -0.3 is 10.2 Å². The molecule has 0 radical (unpaired) electrons. The van der Waals surface area contributed by atoms with Crippen LogP contribution in [0.2, 0.25) is 4.34 Å². The third kappa shape index (κ3) is 3.92. The van der Waals surface area contributed by atoms with Crippen molar-refractivity contribution in [3.63, 3.8) is 0 Å². The van der Waals surface area contributed by atoms with Crippen LogP contribution in [0.5, 0.6) is 0 Å². The molecule has 102 valence electrons. The second-order valence-corrected chi connectivity index (χ2v) is 6.94. The number of anilines is 1. The molecule has 0 aliphatic heterocycles. The molecule has 2 aromatic heterocycles. The van der Waals surface area contributed by atoms with E-state index < -0.39 is 0 Å². The highest BCUT2D eigenvalue weighted by Crippen LogP contribution is 2.26. The summed E-state index contributed by atoms with van der Waals surface area (Å²) in [6.07, 6.45) is 1.83. The Bertz CT molecular complexity index is 559. The number of nitrogens with one attached hydrogen (secondary N) is 1. The number of aromatic nitrogens is 1. The van der Waals surface area contributed by atoms with Gasteiger partial charge in [-0.2, -0.15) is 0 Å². The first kappa shape index (κ1) is 14.8. The average molecular weight is 361 g/mol. The van der Waals surface area contributed by atoms with E-state index in [9.17, 15) is 0 Å². The van der Waals surface area contributed by atoms with Crippen LogP contribution in [-0.2, 0) is 13.1 Å². The predicted molar refractivity (Wildman–Crippen MR) is 86.1 cm³/mol. The molecule has 6 heteroatoms. The van der Waals surface area contributed by atoms with Crippen molar-refractivity contribution in [3.8, 4) is 0 Å². The zero-order valence-electron chi connectivity index (χ0n) is 10.8. The van der Waals surface area contributed by atoms with Gasteiger partial charge in [0.25, 0.3) is 0 Å². The molecule has 0 aromatic carbocycles. The third-order valence-corrected chi connectivity index (χ3v) is 4.31. The third-order valence-electron chi connectivity index (χ3n) is 2.66. The van der Waals surface area contributed by atoms with Crippen molar-refractivity contribution in [2.75, 3.05) is 19.0 Å². The first-order valence-electron chi connectivity index (χ1n) is 5.84. The van der Waals surface area contributed by atoms with E-state index in [1.54, 1.807) is 11.3 Å². The van der Waals surface area contributed by atoms with Crippen LogP contribution in [0.25, 0.3) is 0 Å². The molecule has 3 nitrogen and oxygen atoms in total. The van der Waals surface area contributed by atoms with E-state index in [4.69, 9.17) is 11.6 Å². The lowest BCUT2D eigenvalue weighted by Crippen LogP contribution is -2.20. The van der Waals surface area contributed by atoms with Crippen molar-refractivity contribution in [1.82, 2.24) is 10.3 Å². The number of hydrogen-bond donors (Lipinski definition) is 1. The minimum atomic E-state index is 0.789. The Morgan fingerprint density at radius 1 is 1.47 bits per heavy atom. The van der Waals surface area contributed by atoms with Gasteiger partial charge in [0.1, 0.15) is 5.82 Å². The first-order valence-corrected chi connectivity index (χ1v) is 7.83. The van der Waals surface area contributed by atoms with Crippen LogP contribution in [0.15, 0.2) is 28.9 Å². The standard InChI is InChI=1S/C13H15BrClN3S/c1-16-6-9-5-10(14)7-17-13(9)18(2)8-11-3-4-12(15)19-11/h3-5,7,16H,6,8H2,1-2H3. The van der Waals surface area contributed by atoms with Gasteiger partial charge in [0.05, 0.1) is 10.9 Å². The summed E-state index contributed by atoms with van der Waals surface area (Å²) in [6.45, 7) is 1.60. The van der Waals surface area contributed by atoms with E-state index in [1.807, 2.05) is 26.4 Å². The topological polar surface area (TPSA) is 28.2 Å². The Balaban J connectivity index is 2.20. The van der Waals surface area contributed by atoms with Gasteiger partial charge in [-0.25, -0.2) is 4.98 Å². The second kappa shape index (κ2) is 6.70. The van der Waals surface area contributed by atoms with Crippen LogP contribution in [0.3, 0.4) is 0 Å². The Morgan fingerprint density at radius 2 is 2.26 bits per heavy atom. The van der Waals surface area contributed by atoms with Gasteiger partial charge in [-0.05, 0) is 41.2 Å². The lowest BCUT2D eigenvalue weighted by atomic mass is 10.2. The van der Waals surface area contributed by atoms with E-state index >= 15 is 0 Å². The van der Waals surface area contributed by atoms with Crippen molar-refractivity contribution in [1.29, 1.82) is 0 Å². The molecule has 0 unspecified atom stereocenters. The molecule has 0 amide bonds. The number of pyridine rings is 1. The fourth-order valence-corrected chi connectivity index (χ4v) is 3.40. The van der Waals surface area contributed by atoms with Crippen molar-refractivity contribution in [3.05, 3.63) is 43.6 Å². The zero-order chi connectivity index (χ0) is 13.8. The highest BCUT2D eigenvalue weighted by atomic mass is 79.9. The van der Waals surface area contributed by atoms with Crippen LogP contribution >= 0.6 is 38.9 Å². The normalized spacial score (nSPS) is 10.7. The number of thiophene rings is 1. The maximum absolute atomic E-state index is 5.96. The minimum Gasteiger partial charge on any atom is -0.354 e. The largest absolute Gasteiger partial charge is 0.354 e. The fourth-order valence-electron chi connectivity index (χ4n) is 1.88. The first-order chi connectivity index (χ1) is 9.10. The summed E-state index contributed by atoms with van der Waals surface area (Å²) < 4.78 is 1.82. The van der Waals surface area contributed by atoms with Gasteiger partial charge in [0.2, 0.25) is 0 Å². The number of hydrogen-bond acceptors (Lipinski definition) is 4. The van der Waals surface area contributed by atoms with Crippen molar-refractivity contribution >= 4 is 44.7 Å². The van der Waals surface area contributed by atoms with Crippen molar-refractivity contribution in [2.45, 2.75) is 13.1 Å². The van der Waals surface area contributed by atoms with Crippen LogP contribution < -0.4 is 10.2 Å². The summed E-state index contributed by atoms with van der Waals surface area (Å²) in [6, 6.07) is 6.08. The smallest absolute Gasteiger partial charge is 0.133 e. The summed E-state index contributed by atoms with van der Waals surface area (Å²) >= 11 is 11.0. The number of halogens is 2. The summed E-state index contributed by atoms with van der Waals surface area (Å²) in [7, 11) is 3.98. The lowest BCUT2D eigenvalue weighted by molar-refractivity contribution is 0.796. The van der Waals surface area contributed by atoms with E-state index in [-0.39, 0.29) is 0 Å². The summed E-state index contributed by atoms with van der Waals surface area (Å²) in [5.41, 5.74) is 1.17. The van der Waals surface area contributed by atoms with Gasteiger partial charge in [-0.1, -0.05) is 11.6 Å². The maximum atomic E-state index is 5.96. The SMILES string of the molecule is CNCc1cc(Br)cnc1N(C)Cc1ccc(Cl)s1. The van der Waals surface area contributed by atoms with Crippen LogP contribution in [0.4, 0.5) is 5.82 Å². The highest BCUT2D eigenvalue weighted by Gasteiger charge is 2.11. The number of rotatable bonds is 5. The summed E-state index contributed by atoms with van der Waals surface area (Å²) in [5, 5.41) is 3.17. The van der Waals surface area contributed by atoms with Crippen LogP contribution in [0.1, 0.15) is 10.4 Å². The molecule has 0 aliphatic rings. The molecular weight excluding hydrogens is 346 g/mol. The Morgan fingerprint density at radius 3 is 2.89 bits per heavy atom. The van der Waals surface area contributed by atoms with Gasteiger partial charge in [0, 0.05) is 34.7 Å². The minimum absolute atomic E-state index is 0.789. The van der Waals surface area contributed by atoms with Gasteiger partial charge in [-0.15, -0.1) is 11.3 Å².